The van der Waals surface area contributed by atoms with E-state index < -0.39 is 5.97 Å². The Morgan fingerprint density at radius 2 is 1.96 bits per heavy atom. The lowest BCUT2D eigenvalue weighted by atomic mass is 10.0. The topological polar surface area (TPSA) is 98.7 Å². The van der Waals surface area contributed by atoms with E-state index in [2.05, 4.69) is 10.6 Å². The van der Waals surface area contributed by atoms with Crippen molar-refractivity contribution < 1.29 is 19.5 Å². The number of amides is 3. The van der Waals surface area contributed by atoms with E-state index in [9.17, 15) is 14.4 Å². The van der Waals surface area contributed by atoms with Crippen LogP contribution in [0.3, 0.4) is 0 Å². The third-order valence-corrected chi connectivity index (χ3v) is 4.41. The lowest BCUT2D eigenvalue weighted by Gasteiger charge is -2.24. The first kappa shape index (κ1) is 19.8. The number of carbonyl (C=O) groups excluding carboxylic acids is 2. The molecule has 1 saturated heterocycles. The fourth-order valence-corrected chi connectivity index (χ4v) is 3.15. The number of carboxylic acids is 1. The summed E-state index contributed by atoms with van der Waals surface area (Å²) in [4.78, 5) is 36.6. The van der Waals surface area contributed by atoms with Gasteiger partial charge in [0.15, 0.2) is 0 Å². The molecule has 3 N–H and O–H groups in total. The highest BCUT2D eigenvalue weighted by Gasteiger charge is 2.23. The first-order chi connectivity index (χ1) is 12.4. The van der Waals surface area contributed by atoms with Crippen LogP contribution in [0.2, 0.25) is 0 Å². The second kappa shape index (κ2) is 9.79. The van der Waals surface area contributed by atoms with Gasteiger partial charge in [-0.05, 0) is 31.7 Å². The molecular weight excluding hydrogens is 334 g/mol. The lowest BCUT2D eigenvalue weighted by Crippen LogP contribution is -2.49. The van der Waals surface area contributed by atoms with E-state index >= 15 is 0 Å². The Labute approximate surface area is 153 Å². The Bertz CT molecular complexity index is 620. The Hall–Kier alpha value is -2.57. The first-order valence-corrected chi connectivity index (χ1v) is 9.04. The lowest BCUT2D eigenvalue weighted by molar-refractivity contribution is -0.137. The molecule has 3 amide bonds. The number of likely N-dealkylation sites (tertiary alicyclic amines) is 1. The van der Waals surface area contributed by atoms with E-state index in [4.69, 9.17) is 5.11 Å². The molecule has 0 radical (unpaired) electrons. The van der Waals surface area contributed by atoms with Crippen LogP contribution in [0.4, 0.5) is 4.79 Å². The van der Waals surface area contributed by atoms with Crippen LogP contribution in [0.5, 0.6) is 0 Å². The van der Waals surface area contributed by atoms with E-state index in [1.54, 1.807) is 4.90 Å². The average Bonchev–Trinajstić information content (AvgIpc) is 2.98. The summed E-state index contributed by atoms with van der Waals surface area (Å²) in [5, 5.41) is 14.6. The van der Waals surface area contributed by atoms with Crippen LogP contribution in [0, 0.1) is 0 Å². The first-order valence-electron chi connectivity index (χ1n) is 9.04. The summed E-state index contributed by atoms with van der Waals surface area (Å²) in [5.74, 6) is -0.756. The molecule has 2 unspecified atom stereocenters. The number of carboxylic acid groups (broad SMARTS) is 1. The molecule has 0 bridgehead atoms. The number of rotatable bonds is 9. The molecule has 1 aliphatic rings. The molecule has 1 aliphatic heterocycles. The van der Waals surface area contributed by atoms with Gasteiger partial charge in [-0.25, -0.2) is 4.79 Å². The van der Waals surface area contributed by atoms with Crippen LogP contribution < -0.4 is 10.6 Å². The fourth-order valence-electron chi connectivity index (χ4n) is 3.15. The molecule has 0 saturated carbocycles. The van der Waals surface area contributed by atoms with Crippen molar-refractivity contribution in [3.8, 4) is 0 Å². The van der Waals surface area contributed by atoms with Crippen LogP contribution in [0.25, 0.3) is 0 Å². The van der Waals surface area contributed by atoms with Crippen LogP contribution in [-0.4, -0.2) is 53.1 Å². The highest BCUT2D eigenvalue weighted by Crippen LogP contribution is 2.10. The van der Waals surface area contributed by atoms with Crippen molar-refractivity contribution >= 4 is 17.9 Å². The summed E-state index contributed by atoms with van der Waals surface area (Å²) >= 11 is 0. The van der Waals surface area contributed by atoms with E-state index in [-0.39, 0.29) is 30.4 Å². The zero-order chi connectivity index (χ0) is 18.9. The minimum atomic E-state index is -0.883. The molecule has 2 atom stereocenters. The minimum absolute atomic E-state index is 0.00435. The predicted molar refractivity (Wildman–Crippen MR) is 97.7 cm³/mol. The quantitative estimate of drug-likeness (QED) is 0.624. The monoisotopic (exact) mass is 361 g/mol. The van der Waals surface area contributed by atoms with E-state index in [0.29, 0.717) is 25.8 Å². The normalized spacial score (nSPS) is 16.2. The fraction of sp³-hybridized carbons (Fsp3) is 0.526. The van der Waals surface area contributed by atoms with Crippen molar-refractivity contribution in [2.24, 2.45) is 0 Å². The zero-order valence-corrected chi connectivity index (χ0v) is 15.1. The van der Waals surface area contributed by atoms with Gasteiger partial charge >= 0.3 is 12.0 Å². The van der Waals surface area contributed by atoms with Crippen molar-refractivity contribution in [1.82, 2.24) is 15.5 Å². The number of urea groups is 1. The third kappa shape index (κ3) is 6.74. The van der Waals surface area contributed by atoms with Crippen molar-refractivity contribution in [1.29, 1.82) is 0 Å². The number of hydrogen-bond donors (Lipinski definition) is 3. The molecule has 1 heterocycles. The van der Waals surface area contributed by atoms with Gasteiger partial charge in [0.1, 0.15) is 0 Å². The van der Waals surface area contributed by atoms with Gasteiger partial charge in [-0.1, -0.05) is 30.3 Å². The summed E-state index contributed by atoms with van der Waals surface area (Å²) in [6.45, 7) is 3.08. The molecular formula is C19H27N3O4. The standard InChI is InChI=1S/C19H27N3O4/c1-14(13-22-11-5-8-17(22)23)20-19(26)21-16(9-10-18(24)25)12-15-6-3-2-4-7-15/h2-4,6-7,14,16H,5,8-13H2,1H3,(H,24,25)(H2,20,21,26). The Morgan fingerprint density at radius 1 is 1.23 bits per heavy atom. The molecule has 26 heavy (non-hydrogen) atoms. The predicted octanol–water partition coefficient (Wildman–Crippen LogP) is 1.77. The maximum absolute atomic E-state index is 12.3. The van der Waals surface area contributed by atoms with E-state index in [1.165, 1.54) is 0 Å². The number of aliphatic carboxylic acids is 1. The summed E-state index contributed by atoms with van der Waals surface area (Å²) in [6.07, 6.45) is 2.37. The molecule has 7 nitrogen and oxygen atoms in total. The minimum Gasteiger partial charge on any atom is -0.481 e. The molecule has 1 aromatic rings. The van der Waals surface area contributed by atoms with Crippen LogP contribution in [-0.2, 0) is 16.0 Å². The van der Waals surface area contributed by atoms with Gasteiger partial charge in [0.25, 0.3) is 0 Å². The van der Waals surface area contributed by atoms with Crippen molar-refractivity contribution in [3.05, 3.63) is 35.9 Å². The van der Waals surface area contributed by atoms with Crippen molar-refractivity contribution in [2.75, 3.05) is 13.1 Å². The molecule has 142 valence electrons. The number of carbonyl (C=O) groups is 3. The van der Waals surface area contributed by atoms with Gasteiger partial charge in [-0.2, -0.15) is 0 Å². The van der Waals surface area contributed by atoms with Crippen LogP contribution in [0.15, 0.2) is 30.3 Å². The number of nitrogens with one attached hydrogen (secondary N) is 2. The molecule has 1 aromatic carbocycles. The highest BCUT2D eigenvalue weighted by molar-refractivity contribution is 5.78. The van der Waals surface area contributed by atoms with Gasteiger partial charge in [-0.15, -0.1) is 0 Å². The second-order valence-electron chi connectivity index (χ2n) is 6.78. The summed E-state index contributed by atoms with van der Waals surface area (Å²) in [7, 11) is 0. The molecule has 0 aromatic heterocycles. The number of benzene rings is 1. The maximum atomic E-state index is 12.3. The van der Waals surface area contributed by atoms with E-state index in [0.717, 1.165) is 18.5 Å². The summed E-state index contributed by atoms with van der Waals surface area (Å²) in [6, 6.07) is 8.87. The largest absolute Gasteiger partial charge is 0.481 e. The second-order valence-corrected chi connectivity index (χ2v) is 6.78. The summed E-state index contributed by atoms with van der Waals surface area (Å²) in [5.41, 5.74) is 1.04. The number of nitrogens with zero attached hydrogens (tertiary/aromatic N) is 1. The SMILES string of the molecule is CC(CN1CCCC1=O)NC(=O)NC(CCC(=O)O)Cc1ccccc1. The van der Waals surface area contributed by atoms with Crippen LogP contribution in [0.1, 0.15) is 38.2 Å². The zero-order valence-electron chi connectivity index (χ0n) is 15.1. The molecule has 1 fully saturated rings. The van der Waals surface area contributed by atoms with Crippen LogP contribution >= 0.6 is 0 Å². The molecule has 7 heteroatoms. The molecule has 0 aliphatic carbocycles. The Morgan fingerprint density at radius 3 is 2.58 bits per heavy atom. The van der Waals surface area contributed by atoms with Crippen molar-refractivity contribution in [2.45, 2.75) is 51.1 Å². The average molecular weight is 361 g/mol. The van der Waals surface area contributed by atoms with Gasteiger partial charge in [0.2, 0.25) is 5.91 Å². The van der Waals surface area contributed by atoms with E-state index in [1.807, 2.05) is 37.3 Å². The third-order valence-electron chi connectivity index (χ3n) is 4.41. The smallest absolute Gasteiger partial charge is 0.315 e. The van der Waals surface area contributed by atoms with Gasteiger partial charge in [-0.3, -0.25) is 9.59 Å². The van der Waals surface area contributed by atoms with Gasteiger partial charge in [0.05, 0.1) is 0 Å². The maximum Gasteiger partial charge on any atom is 0.315 e. The Balaban J connectivity index is 1.85. The number of hydrogen-bond acceptors (Lipinski definition) is 3. The highest BCUT2D eigenvalue weighted by atomic mass is 16.4. The van der Waals surface area contributed by atoms with Gasteiger partial charge in [0, 0.05) is 38.0 Å². The molecule has 0 spiro atoms. The van der Waals surface area contributed by atoms with Gasteiger partial charge < -0.3 is 20.6 Å². The summed E-state index contributed by atoms with van der Waals surface area (Å²) < 4.78 is 0. The van der Waals surface area contributed by atoms with Crippen molar-refractivity contribution in [3.63, 3.8) is 0 Å². The molecule has 2 rings (SSSR count). The Kier molecular flexibility index (Phi) is 7.44.